The molecular formula is C20H28O8. The summed E-state index contributed by atoms with van der Waals surface area (Å²) in [5, 5.41) is 56.5. The van der Waals surface area contributed by atoms with Gasteiger partial charge in [-0.2, -0.15) is 0 Å². The third kappa shape index (κ3) is 8.53. The van der Waals surface area contributed by atoms with Crippen LogP contribution in [0.3, 0.4) is 0 Å². The SMILES string of the molecule is OC/C=C/C#CC#C/C=C/[C@H](CCCCO)O[C@@H]1O[C@H](CO)[C@@H](O)[C@H](O)[C@H]1O. The predicted octanol–water partition coefficient (Wildman–Crippen LogP) is -1.55. The maximum atomic E-state index is 10.1. The molecule has 156 valence electrons. The lowest BCUT2D eigenvalue weighted by molar-refractivity contribution is -0.307. The van der Waals surface area contributed by atoms with E-state index in [9.17, 15) is 20.4 Å². The average molecular weight is 396 g/mol. The Morgan fingerprint density at radius 1 is 0.929 bits per heavy atom. The minimum Gasteiger partial charge on any atom is -0.396 e. The number of ether oxygens (including phenoxy) is 2. The molecule has 0 saturated carbocycles. The fourth-order valence-electron chi connectivity index (χ4n) is 2.44. The third-order valence-corrected chi connectivity index (χ3v) is 3.96. The summed E-state index contributed by atoms with van der Waals surface area (Å²) in [6.45, 7) is -0.593. The molecule has 0 unspecified atom stereocenters. The number of rotatable bonds is 9. The predicted molar refractivity (Wildman–Crippen MR) is 100 cm³/mol. The number of hydrogen-bond acceptors (Lipinski definition) is 8. The van der Waals surface area contributed by atoms with E-state index < -0.39 is 43.4 Å². The Bertz CT molecular complexity index is 607. The molecule has 0 spiro atoms. The summed E-state index contributed by atoms with van der Waals surface area (Å²) in [6, 6.07) is 0. The molecule has 1 fully saturated rings. The fraction of sp³-hybridized carbons (Fsp3) is 0.600. The van der Waals surface area contributed by atoms with Crippen LogP contribution < -0.4 is 0 Å². The zero-order valence-corrected chi connectivity index (χ0v) is 15.5. The smallest absolute Gasteiger partial charge is 0.187 e. The van der Waals surface area contributed by atoms with Gasteiger partial charge in [-0.05, 0) is 49.3 Å². The molecule has 8 nitrogen and oxygen atoms in total. The highest BCUT2D eigenvalue weighted by atomic mass is 16.7. The van der Waals surface area contributed by atoms with E-state index in [1.54, 1.807) is 6.08 Å². The number of aliphatic hydroxyl groups excluding tert-OH is 6. The Morgan fingerprint density at radius 2 is 1.64 bits per heavy atom. The van der Waals surface area contributed by atoms with Gasteiger partial charge in [-0.1, -0.05) is 17.9 Å². The van der Waals surface area contributed by atoms with Crippen LogP contribution in [0.5, 0.6) is 0 Å². The molecule has 8 heteroatoms. The molecule has 6 N–H and O–H groups in total. The van der Waals surface area contributed by atoms with E-state index in [1.807, 2.05) is 0 Å². The molecule has 1 saturated heterocycles. The van der Waals surface area contributed by atoms with Crippen molar-refractivity contribution in [3.63, 3.8) is 0 Å². The molecule has 0 amide bonds. The number of hydrogen-bond donors (Lipinski definition) is 6. The maximum Gasteiger partial charge on any atom is 0.187 e. The normalized spacial score (nSPS) is 28.6. The van der Waals surface area contributed by atoms with Gasteiger partial charge in [0.1, 0.15) is 24.4 Å². The van der Waals surface area contributed by atoms with Gasteiger partial charge in [0.15, 0.2) is 6.29 Å². The molecule has 6 atom stereocenters. The van der Waals surface area contributed by atoms with Gasteiger partial charge in [-0.25, -0.2) is 0 Å². The van der Waals surface area contributed by atoms with Gasteiger partial charge in [-0.15, -0.1) is 0 Å². The van der Waals surface area contributed by atoms with Crippen molar-refractivity contribution in [2.45, 2.75) is 56.1 Å². The highest BCUT2D eigenvalue weighted by molar-refractivity contribution is 5.34. The fourth-order valence-corrected chi connectivity index (χ4v) is 2.44. The van der Waals surface area contributed by atoms with Crippen molar-refractivity contribution in [1.82, 2.24) is 0 Å². The van der Waals surface area contributed by atoms with Crippen LogP contribution in [-0.2, 0) is 9.47 Å². The van der Waals surface area contributed by atoms with Crippen LogP contribution in [0.2, 0.25) is 0 Å². The second-order valence-corrected chi connectivity index (χ2v) is 6.07. The standard InChI is InChI=1S/C20H28O8/c21-12-8-5-3-1-2-4-6-10-15(11-7-9-13-22)27-20-19(26)18(25)17(24)16(14-23)28-20/h5-6,8,10,15-26H,7,9,11-14H2/b8-5+,10-6+/t15-,16-,17-,18+,19-,20-/m1/s1. The van der Waals surface area contributed by atoms with E-state index in [1.165, 1.54) is 18.2 Å². The van der Waals surface area contributed by atoms with Gasteiger partial charge in [0, 0.05) is 6.61 Å². The molecular weight excluding hydrogens is 368 g/mol. The quantitative estimate of drug-likeness (QED) is 0.203. The molecule has 1 aliphatic heterocycles. The molecule has 0 aromatic carbocycles. The Morgan fingerprint density at radius 3 is 2.29 bits per heavy atom. The first kappa shape index (κ1) is 24.3. The Hall–Kier alpha value is -1.72. The van der Waals surface area contributed by atoms with E-state index in [4.69, 9.17) is 19.7 Å². The van der Waals surface area contributed by atoms with E-state index in [0.717, 1.165) is 0 Å². The summed E-state index contributed by atoms with van der Waals surface area (Å²) in [4.78, 5) is 0. The van der Waals surface area contributed by atoms with Crippen LogP contribution in [0.4, 0.5) is 0 Å². The number of unbranched alkanes of at least 4 members (excludes halogenated alkanes) is 1. The minimum atomic E-state index is -1.51. The van der Waals surface area contributed by atoms with Crippen LogP contribution >= 0.6 is 0 Å². The van der Waals surface area contributed by atoms with Crippen LogP contribution in [0.1, 0.15) is 19.3 Å². The van der Waals surface area contributed by atoms with Crippen molar-refractivity contribution >= 4 is 0 Å². The van der Waals surface area contributed by atoms with E-state index >= 15 is 0 Å². The molecule has 0 radical (unpaired) electrons. The molecule has 0 bridgehead atoms. The lowest BCUT2D eigenvalue weighted by atomic mass is 9.99. The van der Waals surface area contributed by atoms with Crippen molar-refractivity contribution in [3.8, 4) is 23.7 Å². The third-order valence-electron chi connectivity index (χ3n) is 3.96. The Balaban J connectivity index is 2.74. The van der Waals surface area contributed by atoms with Crippen LogP contribution in [-0.4, -0.2) is 87.3 Å². The summed E-state index contributed by atoms with van der Waals surface area (Å²) < 4.78 is 11.0. The van der Waals surface area contributed by atoms with Gasteiger partial charge in [0.05, 0.1) is 19.3 Å². The lowest BCUT2D eigenvalue weighted by Crippen LogP contribution is -2.59. The van der Waals surface area contributed by atoms with Gasteiger partial charge >= 0.3 is 0 Å². The second-order valence-electron chi connectivity index (χ2n) is 6.07. The molecule has 1 rings (SSSR count). The zero-order chi connectivity index (χ0) is 20.8. The van der Waals surface area contributed by atoms with E-state index in [-0.39, 0.29) is 13.2 Å². The first-order chi connectivity index (χ1) is 13.5. The number of aliphatic hydroxyl groups is 6. The van der Waals surface area contributed by atoms with E-state index in [2.05, 4.69) is 23.7 Å². The molecule has 0 aromatic rings. The maximum absolute atomic E-state index is 10.1. The Labute approximate surface area is 164 Å². The minimum absolute atomic E-state index is 0.0350. The summed E-state index contributed by atoms with van der Waals surface area (Å²) in [6.07, 6.45) is 0.558. The summed E-state index contributed by atoms with van der Waals surface area (Å²) in [7, 11) is 0. The summed E-state index contributed by atoms with van der Waals surface area (Å²) in [5.41, 5.74) is 0. The Kier molecular flexibility index (Phi) is 12.4. The monoisotopic (exact) mass is 396 g/mol. The second kappa shape index (κ2) is 14.3. The van der Waals surface area contributed by atoms with Crippen molar-refractivity contribution in [2.75, 3.05) is 19.8 Å². The van der Waals surface area contributed by atoms with Crippen molar-refractivity contribution in [2.24, 2.45) is 0 Å². The molecule has 0 aromatic heterocycles. The lowest BCUT2D eigenvalue weighted by Gasteiger charge is -2.40. The number of allylic oxidation sites excluding steroid dienone is 2. The first-order valence-corrected chi connectivity index (χ1v) is 9.05. The van der Waals surface area contributed by atoms with Crippen molar-refractivity contribution in [1.29, 1.82) is 0 Å². The van der Waals surface area contributed by atoms with Gasteiger partial charge < -0.3 is 40.1 Å². The molecule has 28 heavy (non-hydrogen) atoms. The summed E-state index contributed by atoms with van der Waals surface area (Å²) >= 11 is 0. The van der Waals surface area contributed by atoms with Gasteiger partial charge in [0.25, 0.3) is 0 Å². The highest BCUT2D eigenvalue weighted by Gasteiger charge is 2.44. The van der Waals surface area contributed by atoms with Crippen molar-refractivity contribution in [3.05, 3.63) is 24.3 Å². The highest BCUT2D eigenvalue weighted by Crippen LogP contribution is 2.24. The largest absolute Gasteiger partial charge is 0.396 e. The molecule has 1 aliphatic rings. The van der Waals surface area contributed by atoms with Crippen LogP contribution in [0, 0.1) is 23.7 Å². The summed E-state index contributed by atoms with van der Waals surface area (Å²) in [5.74, 6) is 10.5. The van der Waals surface area contributed by atoms with Gasteiger partial charge in [0.2, 0.25) is 0 Å². The average Bonchev–Trinajstić information content (AvgIpc) is 2.70. The molecule has 0 aliphatic carbocycles. The molecule has 1 heterocycles. The van der Waals surface area contributed by atoms with Crippen molar-refractivity contribution < 1.29 is 40.1 Å². The van der Waals surface area contributed by atoms with Gasteiger partial charge in [-0.3, -0.25) is 0 Å². The van der Waals surface area contributed by atoms with E-state index in [0.29, 0.717) is 19.3 Å². The zero-order valence-electron chi connectivity index (χ0n) is 15.5. The topological polar surface area (TPSA) is 140 Å². The van der Waals surface area contributed by atoms with Crippen LogP contribution in [0.15, 0.2) is 24.3 Å². The first-order valence-electron chi connectivity index (χ1n) is 9.05. The van der Waals surface area contributed by atoms with Crippen LogP contribution in [0.25, 0.3) is 0 Å².